The van der Waals surface area contributed by atoms with Crippen molar-refractivity contribution >= 4 is 17.9 Å². The van der Waals surface area contributed by atoms with Crippen molar-refractivity contribution in [3.8, 4) is 5.75 Å². The van der Waals surface area contributed by atoms with Crippen LogP contribution in [0, 0.1) is 0 Å². The Morgan fingerprint density at radius 3 is 2.11 bits per heavy atom. The van der Waals surface area contributed by atoms with Crippen LogP contribution in [-0.4, -0.2) is 49.5 Å². The van der Waals surface area contributed by atoms with Gasteiger partial charge in [0.25, 0.3) is 0 Å². The Labute approximate surface area is 269 Å². The summed E-state index contributed by atoms with van der Waals surface area (Å²) in [5, 5.41) is 11.1. The Bertz CT molecular complexity index is 1520. The molecule has 0 saturated carbocycles. The van der Waals surface area contributed by atoms with Crippen molar-refractivity contribution < 1.29 is 33.6 Å². The summed E-state index contributed by atoms with van der Waals surface area (Å²) in [6.07, 6.45) is -0.294. The molecule has 4 aromatic carbocycles. The molecular formula is C37H39ClO7. The van der Waals surface area contributed by atoms with Crippen molar-refractivity contribution in [1.82, 2.24) is 0 Å². The van der Waals surface area contributed by atoms with Crippen molar-refractivity contribution in [3.63, 3.8) is 0 Å². The lowest BCUT2D eigenvalue weighted by Crippen LogP contribution is -2.64. The first-order valence-corrected chi connectivity index (χ1v) is 15.5. The van der Waals surface area contributed by atoms with Crippen molar-refractivity contribution in [3.05, 3.63) is 136 Å². The fraction of sp³-hybridized carbons (Fsp3) is 0.324. The molecule has 0 aliphatic carbocycles. The van der Waals surface area contributed by atoms with Gasteiger partial charge in [0.1, 0.15) is 11.9 Å². The summed E-state index contributed by atoms with van der Waals surface area (Å²) in [6.45, 7) is 2.48. The molecule has 1 saturated heterocycles. The number of carbonyl (C=O) groups is 1. The fourth-order valence-corrected chi connectivity index (χ4v) is 5.90. The number of benzene rings is 4. The number of methoxy groups -OCH3 is 1. The molecule has 0 aromatic heterocycles. The van der Waals surface area contributed by atoms with E-state index in [-0.39, 0.29) is 19.6 Å². The number of aldehydes is 1. The van der Waals surface area contributed by atoms with Crippen LogP contribution in [0.5, 0.6) is 5.75 Å². The van der Waals surface area contributed by atoms with E-state index >= 15 is 0 Å². The molecule has 0 bridgehead atoms. The highest BCUT2D eigenvalue weighted by molar-refractivity contribution is 6.31. The molecule has 45 heavy (non-hydrogen) atoms. The van der Waals surface area contributed by atoms with Crippen molar-refractivity contribution in [2.75, 3.05) is 20.3 Å². The molecule has 1 N–H and O–H groups in total. The number of aliphatic hydroxyl groups excluding tert-OH is 1. The van der Waals surface area contributed by atoms with Crippen molar-refractivity contribution in [2.24, 2.45) is 0 Å². The highest BCUT2D eigenvalue weighted by Crippen LogP contribution is 2.46. The van der Waals surface area contributed by atoms with E-state index in [0.29, 0.717) is 29.9 Å². The third-order valence-electron chi connectivity index (χ3n) is 8.06. The van der Waals surface area contributed by atoms with Gasteiger partial charge in [-0.25, -0.2) is 0 Å². The average Bonchev–Trinajstić information content (AvgIpc) is 3.09. The number of carbonyl (C=O) groups excluding carboxylic acids is 1. The number of hydrogen-bond donors (Lipinski definition) is 1. The fourth-order valence-electron chi connectivity index (χ4n) is 5.72. The summed E-state index contributed by atoms with van der Waals surface area (Å²) in [4.78, 5) is 12.6. The quantitative estimate of drug-likeness (QED) is 0.156. The zero-order valence-corrected chi connectivity index (χ0v) is 26.3. The Balaban J connectivity index is 1.55. The monoisotopic (exact) mass is 630 g/mol. The SMILES string of the molecule is CCOc1ccc(Cc2cc([C@]3(OC)O[C@@](C=O)(CO)CC(OCc4ccccc4)[C@H]3OCc3ccccc3)ccc2Cl)cc1. The van der Waals surface area contributed by atoms with Crippen LogP contribution in [0.1, 0.15) is 41.2 Å². The van der Waals surface area contributed by atoms with Crippen LogP contribution in [0.25, 0.3) is 0 Å². The standard InChI is InChI=1S/C37H39ClO7/c1-3-42-32-17-14-27(15-18-32)20-30-21-31(16-19-33(30)38)37(41-2)35(44-24-29-12-8-5-9-13-29)34(22-36(25-39,26-40)45-37)43-23-28-10-6-4-7-11-28/h4-19,21,25,34-35,40H,3,20,22-24,26H2,1-2H3/t34?,35-,36+,37+/m1/s1. The number of rotatable bonds is 14. The summed E-state index contributed by atoms with van der Waals surface area (Å²) in [6, 6.07) is 32.9. The molecule has 1 fully saturated rings. The summed E-state index contributed by atoms with van der Waals surface area (Å²) >= 11 is 6.73. The molecule has 236 valence electrons. The zero-order chi connectivity index (χ0) is 31.7. The minimum absolute atomic E-state index is 0.0665. The van der Waals surface area contributed by atoms with Gasteiger partial charge in [0, 0.05) is 24.1 Å². The van der Waals surface area contributed by atoms with Crippen LogP contribution >= 0.6 is 11.6 Å². The van der Waals surface area contributed by atoms with Crippen molar-refractivity contribution in [2.45, 2.75) is 56.6 Å². The summed E-state index contributed by atoms with van der Waals surface area (Å²) < 4.78 is 31.5. The van der Waals surface area contributed by atoms with Gasteiger partial charge in [-0.1, -0.05) is 90.5 Å². The van der Waals surface area contributed by atoms with Gasteiger partial charge in [-0.3, -0.25) is 0 Å². The number of aliphatic hydroxyl groups is 1. The highest BCUT2D eigenvalue weighted by Gasteiger charge is 2.59. The molecule has 0 spiro atoms. The molecule has 0 amide bonds. The first-order valence-electron chi connectivity index (χ1n) is 15.1. The first-order chi connectivity index (χ1) is 21.9. The summed E-state index contributed by atoms with van der Waals surface area (Å²) in [7, 11) is 1.51. The van der Waals surface area contributed by atoms with Crippen LogP contribution < -0.4 is 4.74 Å². The van der Waals surface area contributed by atoms with E-state index in [9.17, 15) is 9.90 Å². The second-order valence-electron chi connectivity index (χ2n) is 11.1. The molecule has 1 aliphatic heterocycles. The summed E-state index contributed by atoms with van der Waals surface area (Å²) in [5.74, 6) is -0.833. The Hall–Kier alpha value is -3.56. The van der Waals surface area contributed by atoms with Gasteiger partial charge in [-0.15, -0.1) is 0 Å². The van der Waals surface area contributed by atoms with E-state index in [1.165, 1.54) is 7.11 Å². The van der Waals surface area contributed by atoms with E-state index < -0.39 is 30.2 Å². The topological polar surface area (TPSA) is 83.5 Å². The smallest absolute Gasteiger partial charge is 0.225 e. The van der Waals surface area contributed by atoms with Crippen molar-refractivity contribution in [1.29, 1.82) is 0 Å². The molecule has 5 rings (SSSR count). The maximum atomic E-state index is 12.6. The third-order valence-corrected chi connectivity index (χ3v) is 8.42. The molecule has 1 unspecified atom stereocenters. The Morgan fingerprint density at radius 1 is 0.889 bits per heavy atom. The van der Waals surface area contributed by atoms with Crippen LogP contribution in [-0.2, 0) is 49.2 Å². The van der Waals surface area contributed by atoms with Gasteiger partial charge in [0.15, 0.2) is 11.9 Å². The van der Waals surface area contributed by atoms with Gasteiger partial charge >= 0.3 is 0 Å². The normalized spacial score (nSPS) is 23.0. The number of halogens is 1. The lowest BCUT2D eigenvalue weighted by Gasteiger charge is -2.51. The second kappa shape index (κ2) is 15.1. The molecular weight excluding hydrogens is 592 g/mol. The molecule has 8 heteroatoms. The van der Waals surface area contributed by atoms with Crippen LogP contribution in [0.15, 0.2) is 103 Å². The predicted octanol–water partition coefficient (Wildman–Crippen LogP) is 6.65. The third kappa shape index (κ3) is 7.64. The molecule has 0 radical (unpaired) electrons. The second-order valence-corrected chi connectivity index (χ2v) is 11.5. The molecule has 1 heterocycles. The van der Waals surface area contributed by atoms with Crippen LogP contribution in [0.4, 0.5) is 0 Å². The Morgan fingerprint density at radius 2 is 1.53 bits per heavy atom. The van der Waals surface area contributed by atoms with Crippen LogP contribution in [0.2, 0.25) is 5.02 Å². The van der Waals surface area contributed by atoms with E-state index in [2.05, 4.69) is 0 Å². The minimum Gasteiger partial charge on any atom is -0.494 e. The van der Waals surface area contributed by atoms with Crippen LogP contribution in [0.3, 0.4) is 0 Å². The zero-order valence-electron chi connectivity index (χ0n) is 25.6. The van der Waals surface area contributed by atoms with Gasteiger partial charge in [0.2, 0.25) is 5.79 Å². The highest BCUT2D eigenvalue weighted by atomic mass is 35.5. The minimum atomic E-state index is -1.63. The summed E-state index contributed by atoms with van der Waals surface area (Å²) in [5.41, 5.74) is 2.75. The van der Waals surface area contributed by atoms with Gasteiger partial charge in [-0.2, -0.15) is 0 Å². The number of ether oxygens (including phenoxy) is 5. The van der Waals surface area contributed by atoms with E-state index in [1.807, 2.05) is 97.9 Å². The molecule has 7 nitrogen and oxygen atoms in total. The Kier molecular flexibility index (Phi) is 11.0. The van der Waals surface area contributed by atoms with E-state index in [4.69, 9.17) is 35.3 Å². The molecule has 4 atom stereocenters. The maximum Gasteiger partial charge on any atom is 0.225 e. The van der Waals surface area contributed by atoms with E-state index in [0.717, 1.165) is 28.0 Å². The lowest BCUT2D eigenvalue weighted by atomic mass is 9.83. The first kappa shape index (κ1) is 32.8. The van der Waals surface area contributed by atoms with Gasteiger partial charge in [-0.05, 0) is 59.9 Å². The maximum absolute atomic E-state index is 12.6. The molecule has 4 aromatic rings. The number of hydrogen-bond acceptors (Lipinski definition) is 7. The average molecular weight is 631 g/mol. The van der Waals surface area contributed by atoms with Gasteiger partial charge in [0.05, 0.1) is 32.5 Å². The largest absolute Gasteiger partial charge is 0.494 e. The van der Waals surface area contributed by atoms with Gasteiger partial charge < -0.3 is 33.6 Å². The lowest BCUT2D eigenvalue weighted by molar-refractivity contribution is -0.375. The molecule has 1 aliphatic rings. The van der Waals surface area contributed by atoms with E-state index in [1.54, 1.807) is 12.1 Å². The predicted molar refractivity (Wildman–Crippen MR) is 172 cm³/mol.